The Bertz CT molecular complexity index is 1530. The highest BCUT2D eigenvalue weighted by atomic mass is 19.1. The molecule has 0 spiro atoms. The number of ketones is 2. The van der Waals surface area contributed by atoms with Crippen LogP contribution < -0.4 is 5.06 Å². The summed E-state index contributed by atoms with van der Waals surface area (Å²) in [5, 5.41) is 23.5. The number of benzene rings is 1. The molecule has 4 fully saturated rings. The van der Waals surface area contributed by atoms with Gasteiger partial charge < -0.3 is 10.2 Å². The first-order chi connectivity index (χ1) is 20.5. The first kappa shape index (κ1) is 28.5. The van der Waals surface area contributed by atoms with Crippen LogP contribution in [-0.2, 0) is 20.8 Å². The molecular formula is C34H36F2N2O5. The Kier molecular flexibility index (Phi) is 6.37. The number of alkyl halides is 2. The molecule has 0 amide bonds. The fourth-order valence-electron chi connectivity index (χ4n) is 9.54. The second-order valence-corrected chi connectivity index (χ2v) is 13.5. The van der Waals surface area contributed by atoms with Crippen molar-refractivity contribution in [3.63, 3.8) is 0 Å². The number of Topliss-reactive ketones (excluding diaryl/α,β-unsaturated/α-hetero) is 1. The lowest BCUT2D eigenvalue weighted by atomic mass is 9.44. The van der Waals surface area contributed by atoms with E-state index < -0.39 is 70.3 Å². The first-order valence-electron chi connectivity index (χ1n) is 15.0. The summed E-state index contributed by atoms with van der Waals surface area (Å²) in [6.07, 6.45) is 5.05. The van der Waals surface area contributed by atoms with E-state index in [0.29, 0.717) is 13.0 Å². The largest absolute Gasteiger partial charge is 0.390 e. The zero-order chi connectivity index (χ0) is 30.4. The number of carbonyl (C=O) groups is 2. The fraction of sp³-hybridized carbons (Fsp3) is 0.500. The molecular weight excluding hydrogens is 554 g/mol. The Morgan fingerprint density at radius 1 is 1.09 bits per heavy atom. The highest BCUT2D eigenvalue weighted by molar-refractivity contribution is 6.01. The van der Waals surface area contributed by atoms with Gasteiger partial charge in [-0.25, -0.2) is 8.78 Å². The standard InChI is InChI=1S/C34H36F2N2O5/c1-31-10-7-24(40)15-27(31)28(35)16-26-25-14-22-18-38(23-5-3-20(4-6-23)13-21-8-11-37-12-9-21)43-34(22,30(42)19-39)32(25,2)17-29(41)33(26,31)36/h3-12,15,22,25-26,28-29,39,41H,13-14,16-19H2,1-2H3/t22-,25-,26-,28-,29-,31-,32-,33-,34-/m0/s1. The molecule has 2 heterocycles. The highest BCUT2D eigenvalue weighted by Gasteiger charge is 2.79. The Hall–Kier alpha value is -3.27. The summed E-state index contributed by atoms with van der Waals surface area (Å²) in [7, 11) is 0. The van der Waals surface area contributed by atoms with Gasteiger partial charge in [-0.1, -0.05) is 25.1 Å². The van der Waals surface area contributed by atoms with Crippen LogP contribution in [0.25, 0.3) is 0 Å². The summed E-state index contributed by atoms with van der Waals surface area (Å²) in [6.45, 7) is 2.96. The number of anilines is 1. The Morgan fingerprint density at radius 2 is 1.79 bits per heavy atom. The van der Waals surface area contributed by atoms with Crippen LogP contribution in [0.4, 0.5) is 14.5 Å². The van der Waals surface area contributed by atoms with Crippen LogP contribution in [0.1, 0.15) is 44.2 Å². The number of nitrogens with zero attached hydrogens (tertiary/aromatic N) is 2. The van der Waals surface area contributed by atoms with Crippen LogP contribution in [0.15, 0.2) is 72.6 Å². The van der Waals surface area contributed by atoms with Crippen molar-refractivity contribution in [1.29, 1.82) is 0 Å². The zero-order valence-corrected chi connectivity index (χ0v) is 24.2. The summed E-state index contributed by atoms with van der Waals surface area (Å²) in [4.78, 5) is 36.5. The van der Waals surface area contributed by atoms with Gasteiger partial charge in [-0.05, 0) is 91.6 Å². The monoisotopic (exact) mass is 590 g/mol. The number of fused-ring (bicyclic) bond motifs is 7. The van der Waals surface area contributed by atoms with Gasteiger partial charge in [-0.2, -0.15) is 0 Å². The van der Waals surface area contributed by atoms with Gasteiger partial charge in [-0.15, -0.1) is 0 Å². The van der Waals surface area contributed by atoms with Crippen molar-refractivity contribution < 1.29 is 33.4 Å². The minimum atomic E-state index is -2.24. The molecule has 7 rings (SSSR count). The van der Waals surface area contributed by atoms with Gasteiger partial charge in [0.25, 0.3) is 0 Å². The molecule has 9 heteroatoms. The summed E-state index contributed by atoms with van der Waals surface area (Å²) in [5.74, 6) is -2.72. The summed E-state index contributed by atoms with van der Waals surface area (Å²) >= 11 is 0. The van der Waals surface area contributed by atoms with E-state index in [4.69, 9.17) is 4.84 Å². The Balaban J connectivity index is 1.22. The predicted molar refractivity (Wildman–Crippen MR) is 154 cm³/mol. The van der Waals surface area contributed by atoms with Gasteiger partial charge in [0.2, 0.25) is 0 Å². The molecule has 1 aliphatic heterocycles. The number of aliphatic hydroxyl groups is 2. The maximum Gasteiger partial charge on any atom is 0.193 e. The van der Waals surface area contributed by atoms with Crippen molar-refractivity contribution in [1.82, 2.24) is 4.98 Å². The third kappa shape index (κ3) is 3.71. The van der Waals surface area contributed by atoms with Crippen molar-refractivity contribution in [2.75, 3.05) is 18.2 Å². The number of aromatic nitrogens is 1. The summed E-state index contributed by atoms with van der Waals surface area (Å²) < 4.78 is 33.3. The van der Waals surface area contributed by atoms with Crippen LogP contribution in [-0.4, -0.2) is 63.5 Å². The quantitative estimate of drug-likeness (QED) is 0.537. The van der Waals surface area contributed by atoms with Gasteiger partial charge in [0.05, 0.1) is 18.3 Å². The van der Waals surface area contributed by atoms with E-state index in [1.54, 1.807) is 24.4 Å². The van der Waals surface area contributed by atoms with Crippen molar-refractivity contribution in [2.45, 2.75) is 63.1 Å². The SMILES string of the molecule is C[C@]12C=CC(=O)C=C1[C@@H](F)C[C@H]1[C@@H]3C[C@H]4CN(c5ccc(Cc6ccncc6)cc5)O[C@@]4(C(=O)CO)[C@@]3(C)C[C@H](O)[C@@]12F. The molecule has 4 aliphatic carbocycles. The third-order valence-corrected chi connectivity index (χ3v) is 11.6. The normalized spacial score (nSPS) is 41.3. The Morgan fingerprint density at radius 3 is 2.49 bits per heavy atom. The van der Waals surface area contributed by atoms with E-state index in [2.05, 4.69) is 4.98 Å². The van der Waals surface area contributed by atoms with Crippen LogP contribution in [0.2, 0.25) is 0 Å². The molecule has 0 bridgehead atoms. The summed E-state index contributed by atoms with van der Waals surface area (Å²) in [6, 6.07) is 11.8. The number of aliphatic hydroxyl groups excluding tert-OH is 2. The number of carbonyl (C=O) groups excluding carboxylic acids is 2. The smallest absolute Gasteiger partial charge is 0.193 e. The molecule has 2 N–H and O–H groups in total. The molecule has 5 aliphatic rings. The molecule has 7 nitrogen and oxygen atoms in total. The van der Waals surface area contributed by atoms with Crippen LogP contribution >= 0.6 is 0 Å². The molecule has 1 aromatic heterocycles. The van der Waals surface area contributed by atoms with Crippen molar-refractivity contribution in [3.05, 3.63) is 83.7 Å². The van der Waals surface area contributed by atoms with Crippen LogP contribution in [0.5, 0.6) is 0 Å². The number of hydrogen-bond acceptors (Lipinski definition) is 7. The summed E-state index contributed by atoms with van der Waals surface area (Å²) in [5.41, 5.74) is -3.28. The van der Waals surface area contributed by atoms with E-state index in [0.717, 1.165) is 23.2 Å². The van der Waals surface area contributed by atoms with E-state index in [1.807, 2.05) is 43.3 Å². The molecule has 1 aromatic carbocycles. The number of halogens is 2. The number of hydrogen-bond donors (Lipinski definition) is 2. The molecule has 0 radical (unpaired) electrons. The van der Waals surface area contributed by atoms with Gasteiger partial charge in [0.1, 0.15) is 12.8 Å². The number of allylic oxidation sites excluding steroid dienone is 4. The van der Waals surface area contributed by atoms with Crippen molar-refractivity contribution in [3.8, 4) is 0 Å². The molecule has 1 saturated heterocycles. The lowest BCUT2D eigenvalue weighted by Crippen LogP contribution is -2.70. The fourth-order valence-corrected chi connectivity index (χ4v) is 9.54. The molecule has 226 valence electrons. The third-order valence-electron chi connectivity index (χ3n) is 11.6. The topological polar surface area (TPSA) is 100.0 Å². The first-order valence-corrected chi connectivity index (χ1v) is 15.0. The molecule has 2 aromatic rings. The molecule has 9 atom stereocenters. The predicted octanol–water partition coefficient (Wildman–Crippen LogP) is 4.27. The zero-order valence-electron chi connectivity index (χ0n) is 24.2. The second-order valence-electron chi connectivity index (χ2n) is 13.5. The lowest BCUT2D eigenvalue weighted by Gasteiger charge is -2.63. The number of pyridine rings is 1. The van der Waals surface area contributed by atoms with Gasteiger partial charge in [-0.3, -0.25) is 24.5 Å². The van der Waals surface area contributed by atoms with Crippen LogP contribution in [0.3, 0.4) is 0 Å². The maximum absolute atomic E-state index is 17.6. The van der Waals surface area contributed by atoms with Crippen molar-refractivity contribution in [2.24, 2.45) is 28.6 Å². The molecule has 3 saturated carbocycles. The van der Waals surface area contributed by atoms with Gasteiger partial charge in [0, 0.05) is 35.1 Å². The van der Waals surface area contributed by atoms with E-state index >= 15 is 8.78 Å². The molecule has 0 unspecified atom stereocenters. The van der Waals surface area contributed by atoms with E-state index in [1.165, 1.54) is 18.2 Å². The van der Waals surface area contributed by atoms with E-state index in [-0.39, 0.29) is 18.4 Å². The van der Waals surface area contributed by atoms with E-state index in [9.17, 15) is 19.8 Å². The highest BCUT2D eigenvalue weighted by Crippen LogP contribution is 2.72. The number of hydroxylamine groups is 1. The average molecular weight is 591 g/mol. The Labute approximate surface area is 249 Å². The van der Waals surface area contributed by atoms with Gasteiger partial charge in [0.15, 0.2) is 22.8 Å². The van der Waals surface area contributed by atoms with Crippen molar-refractivity contribution >= 4 is 17.3 Å². The van der Waals surface area contributed by atoms with Crippen LogP contribution in [0, 0.1) is 28.6 Å². The van der Waals surface area contributed by atoms with Gasteiger partial charge >= 0.3 is 0 Å². The lowest BCUT2D eigenvalue weighted by molar-refractivity contribution is -0.228. The number of rotatable bonds is 5. The average Bonchev–Trinajstić information content (AvgIpc) is 3.49. The second kappa shape index (κ2) is 9.61. The molecule has 43 heavy (non-hydrogen) atoms. The minimum Gasteiger partial charge on any atom is -0.390 e. The minimum absolute atomic E-state index is 0.0653. The maximum atomic E-state index is 17.6.